The van der Waals surface area contributed by atoms with Gasteiger partial charge in [0.25, 0.3) is 7.49 Å². The Labute approximate surface area is 131 Å². The van der Waals surface area contributed by atoms with E-state index in [1.54, 1.807) is 0 Å². The van der Waals surface area contributed by atoms with Gasteiger partial charge in [0.1, 0.15) is 15.9 Å². The third-order valence-corrected chi connectivity index (χ3v) is 7.26. The van der Waals surface area contributed by atoms with Crippen LogP contribution in [0.5, 0.6) is 0 Å². The van der Waals surface area contributed by atoms with E-state index in [0.29, 0.717) is 0 Å². The van der Waals surface area contributed by atoms with Gasteiger partial charge in [-0.1, -0.05) is 54.6 Å². The molecular formula is C19H17O2P+. The second-order valence-electron chi connectivity index (χ2n) is 5.14. The Bertz CT molecular complexity index is 702. The lowest BCUT2D eigenvalue weighted by Gasteiger charge is -2.22. The lowest BCUT2D eigenvalue weighted by atomic mass is 10.2. The average molecular weight is 308 g/mol. The van der Waals surface area contributed by atoms with Crippen LogP contribution in [0.3, 0.4) is 0 Å². The molecule has 0 unspecified atom stereocenters. The summed E-state index contributed by atoms with van der Waals surface area (Å²) in [4.78, 5) is 0. The number of rotatable bonds is 4. The Balaban J connectivity index is 2.34. The highest BCUT2D eigenvalue weighted by molar-refractivity contribution is 7.91. The Hall–Kier alpha value is -1.99. The van der Waals surface area contributed by atoms with E-state index in [0.717, 1.165) is 21.5 Å². The first-order chi connectivity index (χ1) is 10.8. The Morgan fingerprint density at radius 1 is 0.682 bits per heavy atom. The van der Waals surface area contributed by atoms with Crippen molar-refractivity contribution in [2.75, 3.05) is 0 Å². The molecule has 0 aromatic heterocycles. The van der Waals surface area contributed by atoms with Gasteiger partial charge in [-0.2, -0.15) is 0 Å². The maximum absolute atomic E-state index is 12.1. The van der Waals surface area contributed by atoms with Crippen molar-refractivity contribution in [3.63, 3.8) is 0 Å². The van der Waals surface area contributed by atoms with Crippen LogP contribution in [0, 0.1) is 6.92 Å². The van der Waals surface area contributed by atoms with Crippen molar-refractivity contribution in [3.05, 3.63) is 90.5 Å². The molecule has 2 nitrogen and oxygen atoms in total. The minimum atomic E-state index is -2.63. The summed E-state index contributed by atoms with van der Waals surface area (Å²) in [6, 6.07) is 27.6. The molecule has 1 radical (unpaired) electrons. The van der Waals surface area contributed by atoms with E-state index in [1.807, 2.05) is 91.9 Å². The molecule has 0 aliphatic rings. The van der Waals surface area contributed by atoms with E-state index in [1.165, 1.54) is 0 Å². The van der Waals surface area contributed by atoms with E-state index >= 15 is 0 Å². The van der Waals surface area contributed by atoms with Gasteiger partial charge in [-0.3, -0.25) is 0 Å². The predicted octanol–water partition coefficient (Wildman–Crippen LogP) is 3.57. The van der Waals surface area contributed by atoms with Gasteiger partial charge in [-0.05, 0) is 47.5 Å². The molecule has 0 fully saturated rings. The maximum Gasteiger partial charge on any atom is 0.287 e. The fourth-order valence-electron chi connectivity index (χ4n) is 2.75. The molecule has 0 spiro atoms. The summed E-state index contributed by atoms with van der Waals surface area (Å²) in [5, 5.41) is 14.9. The van der Waals surface area contributed by atoms with E-state index in [4.69, 9.17) is 4.67 Å². The summed E-state index contributed by atoms with van der Waals surface area (Å²) in [6.07, 6.45) is 0. The molecule has 0 atom stereocenters. The van der Waals surface area contributed by atoms with Crippen molar-refractivity contribution in [3.8, 4) is 0 Å². The zero-order valence-corrected chi connectivity index (χ0v) is 13.2. The number of hydrogen-bond acceptors (Lipinski definition) is 1. The van der Waals surface area contributed by atoms with Gasteiger partial charge in [0.05, 0.1) is 0 Å². The molecular weight excluding hydrogens is 291 g/mol. The summed E-state index contributed by atoms with van der Waals surface area (Å²) >= 11 is 0. The highest BCUT2D eigenvalue weighted by Crippen LogP contribution is 2.56. The van der Waals surface area contributed by atoms with Crippen LogP contribution in [0.15, 0.2) is 84.9 Å². The maximum atomic E-state index is 12.1. The van der Waals surface area contributed by atoms with Crippen LogP contribution in [-0.2, 0) is 9.93 Å². The van der Waals surface area contributed by atoms with Crippen LogP contribution in [0.25, 0.3) is 0 Å². The first kappa shape index (κ1) is 14.9. The van der Waals surface area contributed by atoms with E-state index < -0.39 is 7.49 Å². The van der Waals surface area contributed by atoms with Crippen molar-refractivity contribution in [2.24, 2.45) is 0 Å². The van der Waals surface area contributed by atoms with Gasteiger partial charge in [0.15, 0.2) is 0 Å². The lowest BCUT2D eigenvalue weighted by molar-refractivity contribution is -0.200. The zero-order valence-electron chi connectivity index (χ0n) is 12.3. The van der Waals surface area contributed by atoms with Gasteiger partial charge in [-0.25, -0.2) is 0 Å². The molecule has 3 heteroatoms. The molecule has 0 bridgehead atoms. The normalized spacial score (nSPS) is 11.4. The minimum absolute atomic E-state index is 0.936. The molecule has 0 heterocycles. The molecule has 0 saturated heterocycles. The summed E-state index contributed by atoms with van der Waals surface area (Å²) < 4.78 is 5.04. The predicted molar refractivity (Wildman–Crippen MR) is 91.7 cm³/mol. The molecule has 3 aromatic carbocycles. The van der Waals surface area contributed by atoms with Crippen LogP contribution < -0.4 is 15.9 Å². The molecule has 0 N–H and O–H groups in total. The average Bonchev–Trinajstić information content (AvgIpc) is 2.59. The van der Waals surface area contributed by atoms with Crippen molar-refractivity contribution in [1.29, 1.82) is 0 Å². The van der Waals surface area contributed by atoms with Crippen LogP contribution in [0.4, 0.5) is 0 Å². The molecule has 0 aliphatic carbocycles. The van der Waals surface area contributed by atoms with Crippen LogP contribution in [-0.4, -0.2) is 0 Å². The fraction of sp³-hybridized carbons (Fsp3) is 0.0526. The summed E-state index contributed by atoms with van der Waals surface area (Å²) in [7, 11) is -2.63. The van der Waals surface area contributed by atoms with Gasteiger partial charge in [0, 0.05) is 5.26 Å². The molecule has 109 valence electrons. The second kappa shape index (κ2) is 6.41. The monoisotopic (exact) mass is 308 g/mol. The van der Waals surface area contributed by atoms with Crippen LogP contribution >= 0.6 is 7.49 Å². The first-order valence-electron chi connectivity index (χ1n) is 7.17. The molecule has 0 amide bonds. The van der Waals surface area contributed by atoms with Gasteiger partial charge < -0.3 is 0 Å². The van der Waals surface area contributed by atoms with Crippen LogP contribution in [0.1, 0.15) is 5.56 Å². The first-order valence-corrected chi connectivity index (χ1v) is 8.88. The summed E-state index contributed by atoms with van der Waals surface area (Å²) in [5.74, 6) is 0. The smallest absolute Gasteiger partial charge is 0.0620 e. The van der Waals surface area contributed by atoms with E-state index in [2.05, 4.69) is 0 Å². The summed E-state index contributed by atoms with van der Waals surface area (Å²) in [6.45, 7) is 2.02. The highest BCUT2D eigenvalue weighted by atomic mass is 31.2. The Morgan fingerprint density at radius 2 is 1.14 bits per heavy atom. The molecule has 22 heavy (non-hydrogen) atoms. The topological polar surface area (TPSA) is 29.1 Å². The second-order valence-corrected chi connectivity index (χ2v) is 8.02. The third-order valence-electron chi connectivity index (χ3n) is 3.81. The fourth-order valence-corrected chi connectivity index (χ4v) is 5.90. The van der Waals surface area contributed by atoms with Crippen molar-refractivity contribution in [1.82, 2.24) is 0 Å². The third kappa shape index (κ3) is 2.46. The van der Waals surface area contributed by atoms with E-state index in [9.17, 15) is 5.26 Å². The van der Waals surface area contributed by atoms with Crippen molar-refractivity contribution in [2.45, 2.75) is 6.92 Å². The SMILES string of the molecule is Cc1ccccc1[P+](O[O])(c1ccccc1)c1ccccc1. The van der Waals surface area contributed by atoms with Crippen LogP contribution in [0.2, 0.25) is 0 Å². The molecule has 0 aliphatic heterocycles. The number of benzene rings is 3. The minimum Gasteiger partial charge on any atom is -0.0620 e. The number of aryl methyl sites for hydroxylation is 1. The van der Waals surface area contributed by atoms with Gasteiger partial charge in [-0.15, -0.1) is 0 Å². The van der Waals surface area contributed by atoms with Crippen molar-refractivity contribution >= 4 is 23.4 Å². The molecule has 3 rings (SSSR count). The Kier molecular flexibility index (Phi) is 4.35. The standard InChI is InChI=1S/C19H17O2P/c1-16-10-8-9-15-19(16)22(21-20,17-11-4-2-5-12-17)18-13-6-3-7-14-18/h2-15H,1H3/q+1. The Morgan fingerprint density at radius 3 is 1.59 bits per heavy atom. The van der Waals surface area contributed by atoms with Crippen molar-refractivity contribution < 1.29 is 9.93 Å². The number of hydrogen-bond donors (Lipinski definition) is 0. The molecule has 3 aromatic rings. The quantitative estimate of drug-likeness (QED) is 0.411. The lowest BCUT2D eigenvalue weighted by Crippen LogP contribution is -2.33. The molecule has 0 saturated carbocycles. The van der Waals surface area contributed by atoms with Gasteiger partial charge in [0.2, 0.25) is 0 Å². The zero-order chi connectivity index (χ0) is 15.4. The highest BCUT2D eigenvalue weighted by Gasteiger charge is 2.50. The largest absolute Gasteiger partial charge is 0.287 e. The summed E-state index contributed by atoms with van der Waals surface area (Å²) in [5.41, 5.74) is 1.07. The van der Waals surface area contributed by atoms with E-state index in [-0.39, 0.29) is 0 Å². The van der Waals surface area contributed by atoms with Gasteiger partial charge >= 0.3 is 0 Å².